The van der Waals surface area contributed by atoms with E-state index in [2.05, 4.69) is 51.9 Å². The second-order valence-corrected chi connectivity index (χ2v) is 8.39. The predicted octanol–water partition coefficient (Wildman–Crippen LogP) is 5.35. The number of rotatable bonds is 6. The molecule has 0 bridgehead atoms. The maximum Gasteiger partial charge on any atom is 0.230 e. The molecule has 1 heterocycles. The molecule has 29 heavy (non-hydrogen) atoms. The molecular weight excluding hydrogens is 378 g/mol. The van der Waals surface area contributed by atoms with E-state index in [0.29, 0.717) is 11.8 Å². The molecule has 1 aromatic heterocycles. The lowest BCUT2D eigenvalue weighted by Gasteiger charge is -2.22. The largest absolute Gasteiger partial charge is 0.353 e. The van der Waals surface area contributed by atoms with Crippen LogP contribution in [0.15, 0.2) is 71.8 Å². The van der Waals surface area contributed by atoms with Crippen LogP contribution in [0.5, 0.6) is 0 Å². The predicted molar refractivity (Wildman–Crippen MR) is 119 cm³/mol. The van der Waals surface area contributed by atoms with Crippen LogP contribution in [0.2, 0.25) is 0 Å². The molecule has 0 unspecified atom stereocenters. The fourth-order valence-electron chi connectivity index (χ4n) is 3.67. The molecule has 4 rings (SSSR count). The fraction of sp³-hybridized carbons (Fsp3) is 0.292. The van der Waals surface area contributed by atoms with Crippen molar-refractivity contribution in [2.45, 2.75) is 43.2 Å². The van der Waals surface area contributed by atoms with Crippen molar-refractivity contribution < 1.29 is 4.79 Å². The Labute approximate surface area is 176 Å². The molecule has 0 aliphatic heterocycles. The van der Waals surface area contributed by atoms with Crippen LogP contribution in [0.4, 0.5) is 0 Å². The third-order valence-electron chi connectivity index (χ3n) is 5.25. The highest BCUT2D eigenvalue weighted by Crippen LogP contribution is 2.24. The number of hydrogen-bond donors (Lipinski definition) is 1. The summed E-state index contributed by atoms with van der Waals surface area (Å²) in [6.07, 6.45) is 5.94. The monoisotopic (exact) mass is 403 g/mol. The Morgan fingerprint density at radius 3 is 2.21 bits per heavy atom. The van der Waals surface area contributed by atoms with Crippen LogP contribution in [0, 0.1) is 0 Å². The van der Waals surface area contributed by atoms with E-state index < -0.39 is 0 Å². The van der Waals surface area contributed by atoms with Crippen molar-refractivity contribution in [2.24, 2.45) is 0 Å². The van der Waals surface area contributed by atoms with Gasteiger partial charge in [-0.2, -0.15) is 0 Å². The molecule has 1 aliphatic rings. The van der Waals surface area contributed by atoms with E-state index in [9.17, 15) is 4.79 Å². The van der Waals surface area contributed by atoms with Crippen molar-refractivity contribution in [1.29, 1.82) is 0 Å². The molecule has 2 aromatic carbocycles. The zero-order chi connectivity index (χ0) is 19.9. The van der Waals surface area contributed by atoms with Crippen LogP contribution in [0.3, 0.4) is 0 Å². The molecule has 1 fully saturated rings. The van der Waals surface area contributed by atoms with Crippen LogP contribution in [-0.2, 0) is 4.79 Å². The van der Waals surface area contributed by atoms with Gasteiger partial charge >= 0.3 is 0 Å². The van der Waals surface area contributed by atoms with Gasteiger partial charge in [-0.1, -0.05) is 85.6 Å². The van der Waals surface area contributed by atoms with E-state index >= 15 is 0 Å². The highest BCUT2D eigenvalue weighted by molar-refractivity contribution is 7.99. The average Bonchev–Trinajstić information content (AvgIpc) is 2.79. The van der Waals surface area contributed by atoms with Crippen LogP contribution < -0.4 is 5.32 Å². The Bertz CT molecular complexity index is 921. The summed E-state index contributed by atoms with van der Waals surface area (Å²) in [6, 6.07) is 22.9. The van der Waals surface area contributed by atoms with Crippen molar-refractivity contribution in [2.75, 3.05) is 5.75 Å². The molecule has 4 nitrogen and oxygen atoms in total. The second-order valence-electron chi connectivity index (χ2n) is 7.39. The Balaban J connectivity index is 1.32. The van der Waals surface area contributed by atoms with E-state index in [0.717, 1.165) is 29.1 Å². The zero-order valence-corrected chi connectivity index (χ0v) is 17.2. The molecule has 0 spiro atoms. The van der Waals surface area contributed by atoms with Crippen LogP contribution in [0.25, 0.3) is 22.4 Å². The summed E-state index contributed by atoms with van der Waals surface area (Å²) in [5, 5.41) is 12.5. The second kappa shape index (κ2) is 9.70. The number of benzene rings is 2. The van der Waals surface area contributed by atoms with Gasteiger partial charge in [-0.3, -0.25) is 4.79 Å². The minimum absolute atomic E-state index is 0.0873. The van der Waals surface area contributed by atoms with Gasteiger partial charge in [0.05, 0.1) is 11.4 Å². The number of aromatic nitrogens is 2. The number of thioether (sulfide) groups is 1. The van der Waals surface area contributed by atoms with E-state index in [4.69, 9.17) is 0 Å². The van der Waals surface area contributed by atoms with Gasteiger partial charge in [0.25, 0.3) is 0 Å². The molecular formula is C24H25N3OS. The van der Waals surface area contributed by atoms with Crippen molar-refractivity contribution in [1.82, 2.24) is 15.5 Å². The normalized spacial score (nSPS) is 14.5. The van der Waals surface area contributed by atoms with Crippen molar-refractivity contribution in [3.8, 4) is 22.4 Å². The molecule has 5 heteroatoms. The molecule has 1 amide bonds. The first-order chi connectivity index (χ1) is 14.3. The lowest BCUT2D eigenvalue weighted by atomic mass is 9.95. The number of carbonyl (C=O) groups excluding carboxylic acids is 1. The lowest BCUT2D eigenvalue weighted by Crippen LogP contribution is -2.37. The molecule has 0 radical (unpaired) electrons. The topological polar surface area (TPSA) is 54.9 Å². The minimum atomic E-state index is 0.0873. The number of hydrogen-bond acceptors (Lipinski definition) is 4. The van der Waals surface area contributed by atoms with Crippen molar-refractivity contribution in [3.05, 3.63) is 66.7 Å². The maximum atomic E-state index is 12.1. The van der Waals surface area contributed by atoms with E-state index in [-0.39, 0.29) is 5.91 Å². The van der Waals surface area contributed by atoms with Crippen LogP contribution in [0.1, 0.15) is 32.1 Å². The Morgan fingerprint density at radius 2 is 1.52 bits per heavy atom. The Morgan fingerprint density at radius 1 is 0.828 bits per heavy atom. The average molecular weight is 404 g/mol. The van der Waals surface area contributed by atoms with Gasteiger partial charge < -0.3 is 5.32 Å². The summed E-state index contributed by atoms with van der Waals surface area (Å²) in [6.45, 7) is 0. The van der Waals surface area contributed by atoms with Crippen molar-refractivity contribution >= 4 is 17.7 Å². The number of amides is 1. The summed E-state index contributed by atoms with van der Waals surface area (Å²) in [7, 11) is 0. The minimum Gasteiger partial charge on any atom is -0.353 e. The van der Waals surface area contributed by atoms with Gasteiger partial charge in [0.1, 0.15) is 5.03 Å². The number of nitrogens with zero attached hydrogens (tertiary/aromatic N) is 2. The van der Waals surface area contributed by atoms with Crippen LogP contribution in [-0.4, -0.2) is 27.9 Å². The van der Waals surface area contributed by atoms with Gasteiger partial charge in [-0.15, -0.1) is 10.2 Å². The fourth-order valence-corrected chi connectivity index (χ4v) is 4.30. The quantitative estimate of drug-likeness (QED) is 0.564. The molecule has 3 aromatic rings. The summed E-state index contributed by atoms with van der Waals surface area (Å²) in [4.78, 5) is 12.1. The molecule has 1 saturated carbocycles. The summed E-state index contributed by atoms with van der Waals surface area (Å²) in [5.41, 5.74) is 4.24. The standard InChI is InChI=1S/C24H25N3OS/c28-23(25-21-9-5-2-6-10-21)17-29-24-16-15-22(26-27-24)20-13-11-19(12-14-20)18-7-3-1-4-8-18/h1,3-4,7-8,11-16,21H,2,5-6,9-10,17H2,(H,25,28). The smallest absolute Gasteiger partial charge is 0.230 e. The third kappa shape index (κ3) is 5.45. The van der Waals surface area contributed by atoms with Gasteiger partial charge in [0, 0.05) is 11.6 Å². The Hall–Kier alpha value is -2.66. The van der Waals surface area contributed by atoms with Crippen molar-refractivity contribution in [3.63, 3.8) is 0 Å². The first kappa shape index (κ1) is 19.6. The van der Waals surface area contributed by atoms with Gasteiger partial charge in [0.15, 0.2) is 0 Å². The highest BCUT2D eigenvalue weighted by atomic mass is 32.2. The van der Waals surface area contributed by atoms with Gasteiger partial charge in [-0.05, 0) is 36.1 Å². The van der Waals surface area contributed by atoms with Crippen LogP contribution >= 0.6 is 11.8 Å². The van der Waals surface area contributed by atoms with E-state index in [1.165, 1.54) is 42.2 Å². The lowest BCUT2D eigenvalue weighted by molar-refractivity contribution is -0.119. The van der Waals surface area contributed by atoms with Gasteiger partial charge in [-0.25, -0.2) is 0 Å². The van der Waals surface area contributed by atoms with E-state index in [1.807, 2.05) is 30.3 Å². The number of nitrogens with one attached hydrogen (secondary N) is 1. The zero-order valence-electron chi connectivity index (χ0n) is 16.4. The molecule has 1 aliphatic carbocycles. The first-order valence-corrected chi connectivity index (χ1v) is 11.2. The van der Waals surface area contributed by atoms with E-state index in [1.54, 1.807) is 0 Å². The summed E-state index contributed by atoms with van der Waals surface area (Å²) >= 11 is 1.44. The third-order valence-corrected chi connectivity index (χ3v) is 6.17. The number of carbonyl (C=O) groups is 1. The highest BCUT2D eigenvalue weighted by Gasteiger charge is 2.15. The maximum absolute atomic E-state index is 12.1. The Kier molecular flexibility index (Phi) is 6.57. The molecule has 1 N–H and O–H groups in total. The summed E-state index contributed by atoms with van der Waals surface area (Å²) < 4.78 is 0. The molecule has 0 atom stereocenters. The summed E-state index contributed by atoms with van der Waals surface area (Å²) in [5.74, 6) is 0.473. The van der Waals surface area contributed by atoms with Gasteiger partial charge in [0.2, 0.25) is 5.91 Å². The first-order valence-electron chi connectivity index (χ1n) is 10.2. The molecule has 0 saturated heterocycles. The molecule has 148 valence electrons. The SMILES string of the molecule is O=C(CSc1ccc(-c2ccc(-c3ccccc3)cc2)nn1)NC1CCCCC1.